The van der Waals surface area contributed by atoms with Gasteiger partial charge in [-0.1, -0.05) is 97.1 Å². The third-order valence-electron chi connectivity index (χ3n) is 9.84. The standard InChI is InChI=1S/C44H25N5O/c1-2-11-26(12-3-1)41-31-15-6-8-18-34(31)47-44(48-41)49-36-22-20-27(25-33(36)30-17-10-24-45-43(30)49)42-29-14-5-4-13-28(29)39-35(46-42)21-23-38-40(39)32-16-7-9-19-37(32)50-38/h1-25H. The van der Waals surface area contributed by atoms with Crippen LogP contribution >= 0.6 is 0 Å². The van der Waals surface area contributed by atoms with Crippen LogP contribution in [0.5, 0.6) is 0 Å². The summed E-state index contributed by atoms with van der Waals surface area (Å²) in [5.41, 5.74) is 9.23. The molecule has 0 spiro atoms. The van der Waals surface area contributed by atoms with Crippen molar-refractivity contribution in [1.82, 2.24) is 24.5 Å². The summed E-state index contributed by atoms with van der Waals surface area (Å²) in [6, 6.07) is 50.0. The van der Waals surface area contributed by atoms with Gasteiger partial charge in [0.2, 0.25) is 5.95 Å². The molecule has 0 aliphatic rings. The van der Waals surface area contributed by atoms with Crippen LogP contribution in [0.25, 0.3) is 105 Å². The topological polar surface area (TPSA) is 69.6 Å². The van der Waals surface area contributed by atoms with Gasteiger partial charge in [0.15, 0.2) is 0 Å². The van der Waals surface area contributed by atoms with Crippen molar-refractivity contribution >= 4 is 76.5 Å². The third kappa shape index (κ3) is 3.84. The van der Waals surface area contributed by atoms with Crippen molar-refractivity contribution in [2.75, 3.05) is 0 Å². The molecule has 11 rings (SSSR count). The van der Waals surface area contributed by atoms with Crippen LogP contribution in [-0.4, -0.2) is 24.5 Å². The molecular formula is C44H25N5O. The molecule has 0 aliphatic heterocycles. The molecule has 232 valence electrons. The normalized spacial score (nSPS) is 12.0. The van der Waals surface area contributed by atoms with Gasteiger partial charge < -0.3 is 4.42 Å². The number of nitrogens with zero attached hydrogens (tertiary/aromatic N) is 5. The van der Waals surface area contributed by atoms with Crippen molar-refractivity contribution in [3.05, 3.63) is 152 Å². The number of rotatable bonds is 3. The molecule has 5 heterocycles. The summed E-state index contributed by atoms with van der Waals surface area (Å²) >= 11 is 0. The molecule has 0 bridgehead atoms. The van der Waals surface area contributed by atoms with E-state index < -0.39 is 0 Å². The molecule has 5 aromatic heterocycles. The number of furan rings is 1. The number of para-hydroxylation sites is 2. The second kappa shape index (κ2) is 10.3. The molecule has 0 N–H and O–H groups in total. The van der Waals surface area contributed by atoms with Crippen LogP contribution in [0.15, 0.2) is 156 Å². The summed E-state index contributed by atoms with van der Waals surface area (Å²) in [5.74, 6) is 0.583. The predicted octanol–water partition coefficient (Wildman–Crippen LogP) is 11.1. The van der Waals surface area contributed by atoms with Gasteiger partial charge in [-0.15, -0.1) is 0 Å². The molecule has 6 nitrogen and oxygen atoms in total. The van der Waals surface area contributed by atoms with E-state index in [-0.39, 0.29) is 0 Å². The van der Waals surface area contributed by atoms with E-state index in [0.717, 1.165) is 99.0 Å². The van der Waals surface area contributed by atoms with Crippen molar-refractivity contribution in [2.24, 2.45) is 0 Å². The Hall–Kier alpha value is -6.92. The van der Waals surface area contributed by atoms with Gasteiger partial charge in [0, 0.05) is 55.0 Å². The molecule has 6 aromatic carbocycles. The van der Waals surface area contributed by atoms with Crippen LogP contribution in [0.1, 0.15) is 0 Å². The molecule has 0 atom stereocenters. The average molecular weight is 640 g/mol. The van der Waals surface area contributed by atoms with Crippen LogP contribution in [-0.2, 0) is 0 Å². The molecule has 6 heteroatoms. The van der Waals surface area contributed by atoms with Gasteiger partial charge in [-0.2, -0.15) is 0 Å². The first-order valence-corrected chi connectivity index (χ1v) is 16.6. The summed E-state index contributed by atoms with van der Waals surface area (Å²) < 4.78 is 8.35. The molecule has 50 heavy (non-hydrogen) atoms. The summed E-state index contributed by atoms with van der Waals surface area (Å²) in [5, 5.41) is 8.63. The molecule has 0 fully saturated rings. The van der Waals surface area contributed by atoms with E-state index >= 15 is 0 Å². The molecule has 0 saturated heterocycles. The van der Waals surface area contributed by atoms with Crippen molar-refractivity contribution < 1.29 is 4.42 Å². The van der Waals surface area contributed by atoms with Crippen molar-refractivity contribution in [1.29, 1.82) is 0 Å². The highest BCUT2D eigenvalue weighted by Crippen LogP contribution is 2.41. The van der Waals surface area contributed by atoms with E-state index in [9.17, 15) is 0 Å². The van der Waals surface area contributed by atoms with Crippen LogP contribution in [0.4, 0.5) is 0 Å². The zero-order valence-corrected chi connectivity index (χ0v) is 26.6. The number of hydrogen-bond donors (Lipinski definition) is 0. The number of pyridine rings is 2. The Balaban J connectivity index is 1.17. The van der Waals surface area contributed by atoms with E-state index in [4.69, 9.17) is 24.4 Å². The van der Waals surface area contributed by atoms with Crippen molar-refractivity contribution in [3.63, 3.8) is 0 Å². The fourth-order valence-electron chi connectivity index (χ4n) is 7.66. The minimum Gasteiger partial charge on any atom is -0.456 e. The molecule has 0 radical (unpaired) electrons. The lowest BCUT2D eigenvalue weighted by molar-refractivity contribution is 0.669. The Morgan fingerprint density at radius 2 is 1.18 bits per heavy atom. The first-order chi connectivity index (χ1) is 24.8. The Bertz CT molecular complexity index is 3160. The van der Waals surface area contributed by atoms with E-state index in [1.807, 2.05) is 66.9 Å². The predicted molar refractivity (Wildman–Crippen MR) is 203 cm³/mol. The van der Waals surface area contributed by atoms with Crippen LogP contribution in [0.2, 0.25) is 0 Å². The first kappa shape index (κ1) is 27.1. The highest BCUT2D eigenvalue weighted by molar-refractivity contribution is 6.27. The van der Waals surface area contributed by atoms with E-state index in [2.05, 4.69) is 89.5 Å². The monoisotopic (exact) mass is 639 g/mol. The Morgan fingerprint density at radius 3 is 2.08 bits per heavy atom. The number of benzene rings is 6. The Morgan fingerprint density at radius 1 is 0.440 bits per heavy atom. The maximum atomic E-state index is 6.26. The summed E-state index contributed by atoms with van der Waals surface area (Å²) in [7, 11) is 0. The fourth-order valence-corrected chi connectivity index (χ4v) is 7.66. The van der Waals surface area contributed by atoms with E-state index in [1.54, 1.807) is 0 Å². The van der Waals surface area contributed by atoms with Gasteiger partial charge in [0.1, 0.15) is 16.8 Å². The van der Waals surface area contributed by atoms with Gasteiger partial charge in [0.25, 0.3) is 0 Å². The molecular weight excluding hydrogens is 615 g/mol. The lowest BCUT2D eigenvalue weighted by Gasteiger charge is -2.12. The highest BCUT2D eigenvalue weighted by atomic mass is 16.3. The fraction of sp³-hybridized carbons (Fsp3) is 0. The minimum absolute atomic E-state index is 0.583. The highest BCUT2D eigenvalue weighted by Gasteiger charge is 2.21. The molecule has 0 saturated carbocycles. The Labute approximate surface area is 284 Å². The Kier molecular flexibility index (Phi) is 5.57. The molecule has 0 aliphatic carbocycles. The number of fused-ring (bicyclic) bond motifs is 11. The second-order valence-electron chi connectivity index (χ2n) is 12.6. The maximum Gasteiger partial charge on any atom is 0.237 e. The van der Waals surface area contributed by atoms with Crippen LogP contribution in [0.3, 0.4) is 0 Å². The van der Waals surface area contributed by atoms with Crippen LogP contribution < -0.4 is 0 Å². The summed E-state index contributed by atoms with van der Waals surface area (Å²) in [6.45, 7) is 0. The average Bonchev–Trinajstić information content (AvgIpc) is 3.73. The van der Waals surface area contributed by atoms with E-state index in [1.165, 1.54) is 0 Å². The zero-order chi connectivity index (χ0) is 32.8. The second-order valence-corrected chi connectivity index (χ2v) is 12.6. The van der Waals surface area contributed by atoms with Crippen molar-refractivity contribution in [3.8, 4) is 28.5 Å². The first-order valence-electron chi connectivity index (χ1n) is 16.6. The summed E-state index contributed by atoms with van der Waals surface area (Å²) in [4.78, 5) is 20.5. The van der Waals surface area contributed by atoms with Gasteiger partial charge in [-0.25, -0.2) is 19.9 Å². The molecule has 11 aromatic rings. The molecule has 0 unspecified atom stereocenters. The summed E-state index contributed by atoms with van der Waals surface area (Å²) in [6.07, 6.45) is 1.83. The van der Waals surface area contributed by atoms with E-state index in [0.29, 0.717) is 5.95 Å². The van der Waals surface area contributed by atoms with Gasteiger partial charge >= 0.3 is 0 Å². The maximum absolute atomic E-state index is 6.26. The minimum atomic E-state index is 0.583. The quantitative estimate of drug-likeness (QED) is 0.180. The molecule has 0 amide bonds. The van der Waals surface area contributed by atoms with Crippen molar-refractivity contribution in [2.45, 2.75) is 0 Å². The number of hydrogen-bond acceptors (Lipinski definition) is 5. The zero-order valence-electron chi connectivity index (χ0n) is 26.6. The van der Waals surface area contributed by atoms with Gasteiger partial charge in [0.05, 0.1) is 27.9 Å². The lowest BCUT2D eigenvalue weighted by atomic mass is 9.96. The SMILES string of the molecule is c1ccc(-c2nc(-n3c4ccc(-c5nc6ccc7oc8ccccc8c7c6c6ccccc56)cc4c4cccnc43)nc3ccccc23)cc1. The van der Waals surface area contributed by atoms with Gasteiger partial charge in [-0.05, 0) is 53.9 Å². The van der Waals surface area contributed by atoms with Crippen LogP contribution in [0, 0.1) is 0 Å². The lowest BCUT2D eigenvalue weighted by Crippen LogP contribution is -2.04. The number of aromatic nitrogens is 5. The largest absolute Gasteiger partial charge is 0.456 e. The smallest absolute Gasteiger partial charge is 0.237 e. The third-order valence-corrected chi connectivity index (χ3v) is 9.84. The van der Waals surface area contributed by atoms with Gasteiger partial charge in [-0.3, -0.25) is 4.57 Å².